The van der Waals surface area contributed by atoms with Crippen LogP contribution in [0.25, 0.3) is 16.9 Å². The largest absolute Gasteiger partial charge is 0.399 e. The van der Waals surface area contributed by atoms with Crippen molar-refractivity contribution in [2.75, 3.05) is 5.73 Å². The molecule has 2 aromatic heterocycles. The molecule has 0 atom stereocenters. The predicted octanol–water partition coefficient (Wildman–Crippen LogP) is 2.29. The Kier molecular flexibility index (Phi) is 2.08. The monoisotopic (exact) mass is 224 g/mol. The lowest BCUT2D eigenvalue weighted by molar-refractivity contribution is 0.912. The van der Waals surface area contributed by atoms with E-state index in [-0.39, 0.29) is 0 Å². The van der Waals surface area contributed by atoms with Crippen LogP contribution < -0.4 is 5.73 Å². The zero-order valence-electron chi connectivity index (χ0n) is 9.46. The lowest BCUT2D eigenvalue weighted by Crippen LogP contribution is -1.98. The van der Waals surface area contributed by atoms with Gasteiger partial charge in [-0.1, -0.05) is 6.07 Å². The summed E-state index contributed by atoms with van der Waals surface area (Å²) in [6.45, 7) is 2.03. The second-order valence-corrected chi connectivity index (χ2v) is 4.03. The molecule has 4 nitrogen and oxygen atoms in total. The number of nitrogens with zero attached hydrogens (tertiary/aromatic N) is 3. The zero-order valence-corrected chi connectivity index (χ0v) is 9.46. The zero-order chi connectivity index (χ0) is 11.8. The molecule has 0 amide bonds. The summed E-state index contributed by atoms with van der Waals surface area (Å²) < 4.78 is 1.81. The Hall–Kier alpha value is -2.36. The fourth-order valence-electron chi connectivity index (χ4n) is 1.84. The first-order valence-electron chi connectivity index (χ1n) is 5.41. The van der Waals surface area contributed by atoms with Crippen LogP contribution in [0.1, 0.15) is 5.56 Å². The summed E-state index contributed by atoms with van der Waals surface area (Å²) in [6, 6.07) is 9.68. The van der Waals surface area contributed by atoms with Crippen molar-refractivity contribution in [2.45, 2.75) is 6.92 Å². The highest BCUT2D eigenvalue weighted by atomic mass is 15.2. The molecule has 0 aliphatic carbocycles. The molecule has 84 valence electrons. The molecule has 0 saturated carbocycles. The van der Waals surface area contributed by atoms with E-state index in [1.165, 1.54) is 0 Å². The van der Waals surface area contributed by atoms with E-state index in [9.17, 15) is 0 Å². The fourth-order valence-corrected chi connectivity index (χ4v) is 1.84. The minimum atomic E-state index is 0.693. The second-order valence-electron chi connectivity index (χ2n) is 4.03. The number of benzene rings is 1. The molecule has 3 aromatic rings. The Labute approximate surface area is 98.7 Å². The molecule has 17 heavy (non-hydrogen) atoms. The topological polar surface area (TPSA) is 56.2 Å². The van der Waals surface area contributed by atoms with E-state index in [1.54, 1.807) is 0 Å². The normalized spacial score (nSPS) is 10.9. The average molecular weight is 224 g/mol. The van der Waals surface area contributed by atoms with Crippen LogP contribution in [0.2, 0.25) is 0 Å². The Bertz CT molecular complexity index is 685. The van der Waals surface area contributed by atoms with Crippen molar-refractivity contribution < 1.29 is 0 Å². The Balaban J connectivity index is 2.22. The van der Waals surface area contributed by atoms with Gasteiger partial charge in [-0.25, -0.2) is 9.50 Å². The lowest BCUT2D eigenvalue weighted by atomic mass is 10.1. The van der Waals surface area contributed by atoms with Gasteiger partial charge in [0, 0.05) is 17.4 Å². The number of hydrogen-bond acceptors (Lipinski definition) is 3. The van der Waals surface area contributed by atoms with Crippen molar-refractivity contribution in [2.24, 2.45) is 0 Å². The van der Waals surface area contributed by atoms with Gasteiger partial charge in [-0.05, 0) is 36.8 Å². The van der Waals surface area contributed by atoms with Crippen molar-refractivity contribution in [1.82, 2.24) is 14.6 Å². The molecular weight excluding hydrogens is 212 g/mol. The quantitative estimate of drug-likeness (QED) is 0.645. The van der Waals surface area contributed by atoms with E-state index in [2.05, 4.69) is 10.1 Å². The van der Waals surface area contributed by atoms with Gasteiger partial charge in [0.1, 0.15) is 0 Å². The van der Waals surface area contributed by atoms with Gasteiger partial charge in [0.25, 0.3) is 0 Å². The van der Waals surface area contributed by atoms with Crippen LogP contribution in [-0.4, -0.2) is 14.6 Å². The van der Waals surface area contributed by atoms with Gasteiger partial charge in [-0.15, -0.1) is 5.10 Å². The van der Waals surface area contributed by atoms with E-state index in [0.29, 0.717) is 5.82 Å². The number of aryl methyl sites for hydroxylation is 1. The van der Waals surface area contributed by atoms with Crippen LogP contribution in [0.3, 0.4) is 0 Å². The number of anilines is 1. The highest BCUT2D eigenvalue weighted by Gasteiger charge is 2.06. The smallest absolute Gasteiger partial charge is 0.180 e. The average Bonchev–Trinajstić information content (AvgIpc) is 2.79. The first kappa shape index (κ1) is 9.84. The van der Waals surface area contributed by atoms with Crippen molar-refractivity contribution in [3.05, 3.63) is 48.3 Å². The Morgan fingerprint density at radius 2 is 2.12 bits per heavy atom. The number of rotatable bonds is 1. The highest BCUT2D eigenvalue weighted by Crippen LogP contribution is 2.22. The molecule has 0 unspecified atom stereocenters. The highest BCUT2D eigenvalue weighted by molar-refractivity contribution is 5.65. The maximum Gasteiger partial charge on any atom is 0.180 e. The van der Waals surface area contributed by atoms with Gasteiger partial charge in [0.05, 0.1) is 11.7 Å². The van der Waals surface area contributed by atoms with Crippen molar-refractivity contribution >= 4 is 11.2 Å². The third-order valence-corrected chi connectivity index (χ3v) is 2.78. The summed E-state index contributed by atoms with van der Waals surface area (Å²) in [5.41, 5.74) is 9.59. The van der Waals surface area contributed by atoms with E-state index < -0.39 is 0 Å². The molecule has 0 radical (unpaired) electrons. The maximum atomic E-state index is 5.80. The molecule has 3 rings (SSSR count). The molecular formula is C13H12N4. The standard InChI is InChI=1S/C13H12N4/c1-9-4-5-10(14)7-12(9)13-15-8-11-3-2-6-17(11)16-13/h2-8H,14H2,1H3. The van der Waals surface area contributed by atoms with Crippen LogP contribution in [-0.2, 0) is 0 Å². The molecule has 0 aliphatic heterocycles. The third kappa shape index (κ3) is 1.63. The summed E-state index contributed by atoms with van der Waals surface area (Å²) in [4.78, 5) is 4.36. The van der Waals surface area contributed by atoms with Crippen molar-refractivity contribution in [3.8, 4) is 11.4 Å². The summed E-state index contributed by atoms with van der Waals surface area (Å²) in [5, 5.41) is 4.46. The molecule has 1 aromatic carbocycles. The summed E-state index contributed by atoms with van der Waals surface area (Å²) in [5.74, 6) is 0.693. The van der Waals surface area contributed by atoms with Crippen LogP contribution in [0, 0.1) is 6.92 Å². The van der Waals surface area contributed by atoms with Gasteiger partial charge in [-0.3, -0.25) is 0 Å². The van der Waals surface area contributed by atoms with Crippen LogP contribution in [0.15, 0.2) is 42.7 Å². The minimum Gasteiger partial charge on any atom is -0.399 e. The number of fused-ring (bicyclic) bond motifs is 1. The summed E-state index contributed by atoms with van der Waals surface area (Å²) >= 11 is 0. The second kappa shape index (κ2) is 3.59. The molecule has 0 spiro atoms. The van der Waals surface area contributed by atoms with E-state index in [4.69, 9.17) is 5.73 Å². The number of hydrogen-bond donors (Lipinski definition) is 1. The van der Waals surface area contributed by atoms with Crippen LogP contribution in [0.5, 0.6) is 0 Å². The van der Waals surface area contributed by atoms with Crippen LogP contribution in [0.4, 0.5) is 5.69 Å². The summed E-state index contributed by atoms with van der Waals surface area (Å²) in [6.07, 6.45) is 3.72. The lowest BCUT2D eigenvalue weighted by Gasteiger charge is -2.05. The van der Waals surface area contributed by atoms with E-state index in [0.717, 1.165) is 22.3 Å². The van der Waals surface area contributed by atoms with Gasteiger partial charge in [-0.2, -0.15) is 0 Å². The summed E-state index contributed by atoms with van der Waals surface area (Å²) in [7, 11) is 0. The van der Waals surface area contributed by atoms with E-state index in [1.807, 2.05) is 54.2 Å². The maximum absolute atomic E-state index is 5.80. The van der Waals surface area contributed by atoms with Gasteiger partial charge < -0.3 is 5.73 Å². The van der Waals surface area contributed by atoms with Crippen molar-refractivity contribution in [3.63, 3.8) is 0 Å². The first-order valence-corrected chi connectivity index (χ1v) is 5.41. The van der Waals surface area contributed by atoms with E-state index >= 15 is 0 Å². The molecule has 0 saturated heterocycles. The first-order chi connectivity index (χ1) is 8.24. The Morgan fingerprint density at radius 3 is 3.00 bits per heavy atom. The molecule has 4 heteroatoms. The number of aromatic nitrogens is 3. The number of nitrogen functional groups attached to an aromatic ring is 1. The van der Waals surface area contributed by atoms with Crippen LogP contribution >= 0.6 is 0 Å². The molecule has 2 heterocycles. The van der Waals surface area contributed by atoms with Gasteiger partial charge in [0.2, 0.25) is 0 Å². The van der Waals surface area contributed by atoms with Gasteiger partial charge >= 0.3 is 0 Å². The third-order valence-electron chi connectivity index (χ3n) is 2.78. The number of nitrogens with two attached hydrogens (primary N) is 1. The SMILES string of the molecule is Cc1ccc(N)cc1-c1ncc2cccn2n1. The Morgan fingerprint density at radius 1 is 1.24 bits per heavy atom. The molecule has 0 fully saturated rings. The molecule has 0 aliphatic rings. The predicted molar refractivity (Wildman–Crippen MR) is 67.6 cm³/mol. The minimum absolute atomic E-state index is 0.693. The fraction of sp³-hybridized carbons (Fsp3) is 0.0769. The van der Waals surface area contributed by atoms with Gasteiger partial charge in [0.15, 0.2) is 5.82 Å². The molecule has 0 bridgehead atoms. The molecule has 2 N–H and O–H groups in total. The van der Waals surface area contributed by atoms with Crippen molar-refractivity contribution in [1.29, 1.82) is 0 Å².